The Morgan fingerprint density at radius 2 is 1.52 bits per heavy atom. The van der Waals surface area contributed by atoms with Crippen LogP contribution >= 0.6 is 0 Å². The summed E-state index contributed by atoms with van der Waals surface area (Å²) in [5, 5.41) is 2.96. The Hall–Kier alpha value is -3.88. The number of hydrogen-bond donors (Lipinski definition) is 1. The van der Waals surface area contributed by atoms with Crippen molar-refractivity contribution in [2.24, 2.45) is 0 Å². The molecular formula is C20H13F3N6. The molecule has 3 aromatic heterocycles. The van der Waals surface area contributed by atoms with Gasteiger partial charge in [0.25, 0.3) is 0 Å². The molecule has 1 aromatic carbocycles. The molecule has 29 heavy (non-hydrogen) atoms. The van der Waals surface area contributed by atoms with Crippen molar-refractivity contribution in [1.82, 2.24) is 24.9 Å². The minimum Gasteiger partial charge on any atom is -0.309 e. The minimum absolute atomic E-state index is 0.307. The van der Waals surface area contributed by atoms with Crippen molar-refractivity contribution in [3.8, 4) is 22.6 Å². The van der Waals surface area contributed by atoms with E-state index in [1.165, 1.54) is 6.07 Å². The van der Waals surface area contributed by atoms with Gasteiger partial charge in [0.2, 0.25) is 5.95 Å². The molecule has 0 radical (unpaired) electrons. The van der Waals surface area contributed by atoms with Crippen LogP contribution in [0.3, 0.4) is 0 Å². The number of anilines is 2. The second-order valence-electron chi connectivity index (χ2n) is 5.97. The van der Waals surface area contributed by atoms with Crippen LogP contribution in [0.2, 0.25) is 0 Å². The van der Waals surface area contributed by atoms with Crippen molar-refractivity contribution in [3.63, 3.8) is 0 Å². The lowest BCUT2D eigenvalue weighted by Gasteiger charge is -2.11. The summed E-state index contributed by atoms with van der Waals surface area (Å²) in [4.78, 5) is 21.0. The minimum atomic E-state index is -4.45. The van der Waals surface area contributed by atoms with E-state index in [-0.39, 0.29) is 0 Å². The first-order chi connectivity index (χ1) is 14.0. The molecule has 0 unspecified atom stereocenters. The Labute approximate surface area is 163 Å². The van der Waals surface area contributed by atoms with Gasteiger partial charge in [0.1, 0.15) is 5.82 Å². The lowest BCUT2D eigenvalue weighted by atomic mass is 10.1. The van der Waals surface area contributed by atoms with Crippen LogP contribution in [0.5, 0.6) is 0 Å². The zero-order chi connectivity index (χ0) is 20.3. The quantitative estimate of drug-likeness (QED) is 0.538. The Kier molecular flexibility index (Phi) is 4.86. The third-order valence-corrected chi connectivity index (χ3v) is 3.96. The molecule has 4 rings (SSSR count). The lowest BCUT2D eigenvalue weighted by Crippen LogP contribution is -2.05. The van der Waals surface area contributed by atoms with Crippen molar-refractivity contribution >= 4 is 11.8 Å². The largest absolute Gasteiger partial charge is 0.416 e. The third-order valence-electron chi connectivity index (χ3n) is 3.96. The molecular weight excluding hydrogens is 381 g/mol. The van der Waals surface area contributed by atoms with Gasteiger partial charge in [-0.25, -0.2) is 19.9 Å². The van der Waals surface area contributed by atoms with Crippen molar-refractivity contribution in [2.75, 3.05) is 5.32 Å². The fourth-order valence-electron chi connectivity index (χ4n) is 2.62. The van der Waals surface area contributed by atoms with Gasteiger partial charge in [0, 0.05) is 42.0 Å². The molecule has 0 spiro atoms. The first-order valence-electron chi connectivity index (χ1n) is 8.50. The maximum absolute atomic E-state index is 13.1. The summed E-state index contributed by atoms with van der Waals surface area (Å²) in [7, 11) is 0. The average molecular weight is 394 g/mol. The molecule has 6 nitrogen and oxygen atoms in total. The Morgan fingerprint density at radius 3 is 2.24 bits per heavy atom. The molecule has 0 saturated heterocycles. The van der Waals surface area contributed by atoms with Crippen LogP contribution in [0.15, 0.2) is 73.3 Å². The fraction of sp³-hybridized carbons (Fsp3) is 0.0500. The van der Waals surface area contributed by atoms with Crippen LogP contribution in [0.4, 0.5) is 24.9 Å². The maximum Gasteiger partial charge on any atom is 0.416 e. The molecule has 0 aliphatic rings. The molecule has 0 saturated carbocycles. The van der Waals surface area contributed by atoms with Crippen molar-refractivity contribution in [3.05, 3.63) is 78.9 Å². The monoisotopic (exact) mass is 394 g/mol. The van der Waals surface area contributed by atoms with Crippen molar-refractivity contribution in [1.29, 1.82) is 0 Å². The molecule has 0 atom stereocenters. The first-order valence-corrected chi connectivity index (χ1v) is 8.50. The first kappa shape index (κ1) is 18.5. The highest BCUT2D eigenvalue weighted by Crippen LogP contribution is 2.32. The zero-order valence-corrected chi connectivity index (χ0v) is 14.8. The van der Waals surface area contributed by atoms with E-state index in [1.807, 2.05) is 0 Å². The van der Waals surface area contributed by atoms with Crippen LogP contribution < -0.4 is 5.32 Å². The summed E-state index contributed by atoms with van der Waals surface area (Å²) >= 11 is 0. The molecule has 0 amide bonds. The molecule has 0 fully saturated rings. The highest BCUT2D eigenvalue weighted by Gasteiger charge is 2.30. The molecule has 9 heteroatoms. The normalized spacial score (nSPS) is 11.3. The Morgan fingerprint density at radius 1 is 0.759 bits per heavy atom. The van der Waals surface area contributed by atoms with Gasteiger partial charge in [-0.1, -0.05) is 12.1 Å². The van der Waals surface area contributed by atoms with E-state index < -0.39 is 11.7 Å². The Balaban J connectivity index is 1.82. The number of rotatable bonds is 4. The summed E-state index contributed by atoms with van der Waals surface area (Å²) in [6, 6.07) is 11.6. The topological polar surface area (TPSA) is 76.5 Å². The van der Waals surface area contributed by atoms with Gasteiger partial charge in [-0.2, -0.15) is 13.2 Å². The van der Waals surface area contributed by atoms with Crippen LogP contribution in [0.25, 0.3) is 22.6 Å². The van der Waals surface area contributed by atoms with E-state index in [0.29, 0.717) is 34.4 Å². The summed E-state index contributed by atoms with van der Waals surface area (Å²) in [6.07, 6.45) is 1.85. The van der Waals surface area contributed by atoms with Crippen LogP contribution in [0.1, 0.15) is 5.56 Å². The standard InChI is InChI=1S/C20H13F3N6/c21-20(22,23)15-4-1-3-14(11-15)16-12-17(29-19-25-7-2-8-26-19)28-18(27-16)13-5-9-24-10-6-13/h1-12H,(H,25,26,27,28,29). The number of halogens is 3. The van der Waals surface area contributed by atoms with E-state index in [1.54, 1.807) is 55.1 Å². The van der Waals surface area contributed by atoms with Crippen molar-refractivity contribution < 1.29 is 13.2 Å². The fourth-order valence-corrected chi connectivity index (χ4v) is 2.62. The number of pyridine rings is 1. The van der Waals surface area contributed by atoms with E-state index in [9.17, 15) is 13.2 Å². The highest BCUT2D eigenvalue weighted by atomic mass is 19.4. The summed E-state index contributed by atoms with van der Waals surface area (Å²) < 4.78 is 39.4. The van der Waals surface area contributed by atoms with Gasteiger partial charge < -0.3 is 5.32 Å². The zero-order valence-electron chi connectivity index (χ0n) is 14.8. The van der Waals surface area contributed by atoms with Crippen molar-refractivity contribution in [2.45, 2.75) is 6.18 Å². The summed E-state index contributed by atoms with van der Waals surface area (Å²) in [5.41, 5.74) is 0.566. The third kappa shape index (κ3) is 4.34. The van der Waals surface area contributed by atoms with Gasteiger partial charge in [-0.3, -0.25) is 4.98 Å². The van der Waals surface area contributed by atoms with Gasteiger partial charge in [-0.05, 0) is 30.3 Å². The number of nitrogens with zero attached hydrogens (tertiary/aromatic N) is 5. The molecule has 0 aliphatic heterocycles. The van der Waals surface area contributed by atoms with Gasteiger partial charge in [0.05, 0.1) is 11.3 Å². The molecule has 4 aromatic rings. The molecule has 144 valence electrons. The SMILES string of the molecule is FC(F)(F)c1cccc(-c2cc(Nc3ncccn3)nc(-c3ccncc3)n2)c1. The maximum atomic E-state index is 13.1. The van der Waals surface area contributed by atoms with Gasteiger partial charge in [0.15, 0.2) is 5.82 Å². The van der Waals surface area contributed by atoms with Gasteiger partial charge >= 0.3 is 6.18 Å². The molecule has 0 aliphatic carbocycles. The van der Waals surface area contributed by atoms with Gasteiger partial charge in [-0.15, -0.1) is 0 Å². The summed E-state index contributed by atoms with van der Waals surface area (Å²) in [6.45, 7) is 0. The number of hydrogen-bond acceptors (Lipinski definition) is 6. The summed E-state index contributed by atoms with van der Waals surface area (Å²) in [5.74, 6) is 0.994. The van der Waals surface area contributed by atoms with E-state index in [2.05, 4.69) is 30.2 Å². The molecule has 3 heterocycles. The van der Waals surface area contributed by atoms with Crippen LogP contribution in [-0.4, -0.2) is 24.9 Å². The second-order valence-corrected chi connectivity index (χ2v) is 5.97. The predicted molar refractivity (Wildman–Crippen MR) is 101 cm³/mol. The number of nitrogens with one attached hydrogen (secondary N) is 1. The van der Waals surface area contributed by atoms with Crippen LogP contribution in [-0.2, 0) is 6.18 Å². The van der Waals surface area contributed by atoms with E-state index in [0.717, 1.165) is 12.1 Å². The van der Waals surface area contributed by atoms with Crippen LogP contribution in [0, 0.1) is 0 Å². The number of benzene rings is 1. The predicted octanol–water partition coefficient (Wildman–Crippen LogP) is 4.76. The highest BCUT2D eigenvalue weighted by molar-refractivity contribution is 5.69. The molecule has 1 N–H and O–H groups in total. The smallest absolute Gasteiger partial charge is 0.309 e. The average Bonchev–Trinajstić information content (AvgIpc) is 2.74. The number of alkyl halides is 3. The molecule has 0 bridgehead atoms. The number of aromatic nitrogens is 5. The lowest BCUT2D eigenvalue weighted by molar-refractivity contribution is -0.137. The van der Waals surface area contributed by atoms with E-state index in [4.69, 9.17) is 0 Å². The Bertz CT molecular complexity index is 1120. The van der Waals surface area contributed by atoms with E-state index >= 15 is 0 Å². The second kappa shape index (κ2) is 7.63.